The summed E-state index contributed by atoms with van der Waals surface area (Å²) in [6, 6.07) is 5.14. The van der Waals surface area contributed by atoms with Crippen molar-refractivity contribution in [2.75, 3.05) is 11.9 Å². The molecular formula is C13H13Cl2N3O. The van der Waals surface area contributed by atoms with Crippen molar-refractivity contribution >= 4 is 45.8 Å². The first kappa shape index (κ1) is 13.9. The van der Waals surface area contributed by atoms with Gasteiger partial charge in [0.25, 0.3) is 0 Å². The van der Waals surface area contributed by atoms with Gasteiger partial charge in [-0.2, -0.15) is 0 Å². The molecule has 0 atom stereocenters. The molecule has 6 heteroatoms. The van der Waals surface area contributed by atoms with E-state index in [0.717, 1.165) is 16.3 Å². The lowest BCUT2D eigenvalue weighted by Gasteiger charge is -2.09. The fraction of sp³-hybridized carbons (Fsp3) is 0.231. The molecule has 1 aromatic carbocycles. The van der Waals surface area contributed by atoms with Gasteiger partial charge in [-0.15, -0.1) is 11.6 Å². The molecule has 0 saturated carbocycles. The molecule has 4 nitrogen and oxygen atoms in total. The molecule has 19 heavy (non-hydrogen) atoms. The van der Waals surface area contributed by atoms with Gasteiger partial charge in [0.15, 0.2) is 0 Å². The van der Waals surface area contributed by atoms with E-state index in [1.54, 1.807) is 18.3 Å². The number of anilines is 1. The van der Waals surface area contributed by atoms with Crippen LogP contribution in [0.25, 0.3) is 10.8 Å². The molecule has 0 radical (unpaired) electrons. The summed E-state index contributed by atoms with van der Waals surface area (Å²) >= 11 is 12.0. The highest BCUT2D eigenvalue weighted by Crippen LogP contribution is 2.28. The fourth-order valence-corrected chi connectivity index (χ4v) is 2.22. The Balaban J connectivity index is 2.41. The van der Waals surface area contributed by atoms with Gasteiger partial charge in [0.05, 0.1) is 0 Å². The van der Waals surface area contributed by atoms with E-state index in [2.05, 4.69) is 15.6 Å². The minimum absolute atomic E-state index is 0.288. The number of carbonyl (C=O) groups is 1. The normalized spacial score (nSPS) is 10.5. The second-order valence-corrected chi connectivity index (χ2v) is 4.61. The van der Waals surface area contributed by atoms with E-state index in [0.29, 0.717) is 23.3 Å². The van der Waals surface area contributed by atoms with Crippen molar-refractivity contribution in [2.45, 2.75) is 12.8 Å². The number of amides is 2. The number of urea groups is 1. The number of halogens is 2. The summed E-state index contributed by atoms with van der Waals surface area (Å²) in [7, 11) is 0. The molecular weight excluding hydrogens is 285 g/mol. The van der Waals surface area contributed by atoms with E-state index in [9.17, 15) is 4.79 Å². The molecule has 0 spiro atoms. The van der Waals surface area contributed by atoms with Crippen molar-refractivity contribution in [3.05, 3.63) is 35.0 Å². The van der Waals surface area contributed by atoms with Crippen molar-refractivity contribution in [3.8, 4) is 0 Å². The Kier molecular flexibility index (Phi) is 4.45. The predicted molar refractivity (Wildman–Crippen MR) is 79.0 cm³/mol. The van der Waals surface area contributed by atoms with E-state index in [-0.39, 0.29) is 6.03 Å². The van der Waals surface area contributed by atoms with E-state index in [4.69, 9.17) is 23.2 Å². The van der Waals surface area contributed by atoms with Gasteiger partial charge in [0, 0.05) is 29.0 Å². The molecule has 1 heterocycles. The average Bonchev–Trinajstić information content (AvgIpc) is 2.39. The van der Waals surface area contributed by atoms with Gasteiger partial charge in [0.2, 0.25) is 0 Å². The highest BCUT2D eigenvalue weighted by molar-refractivity contribution is 6.35. The van der Waals surface area contributed by atoms with Crippen LogP contribution in [-0.2, 0) is 5.88 Å². The monoisotopic (exact) mass is 297 g/mol. The Hall–Kier alpha value is -1.52. The largest absolute Gasteiger partial charge is 0.338 e. The number of hydrogen-bond acceptors (Lipinski definition) is 2. The molecule has 2 N–H and O–H groups in total. The number of pyridine rings is 1. The van der Waals surface area contributed by atoms with Crippen LogP contribution in [0.4, 0.5) is 10.6 Å². The Morgan fingerprint density at radius 3 is 2.84 bits per heavy atom. The van der Waals surface area contributed by atoms with Crippen molar-refractivity contribution in [1.29, 1.82) is 0 Å². The van der Waals surface area contributed by atoms with Crippen LogP contribution in [0, 0.1) is 0 Å². The number of nitrogens with one attached hydrogen (secondary N) is 2. The Morgan fingerprint density at radius 1 is 1.37 bits per heavy atom. The van der Waals surface area contributed by atoms with Crippen LogP contribution in [0.15, 0.2) is 24.4 Å². The molecule has 2 aromatic rings. The van der Waals surface area contributed by atoms with Crippen LogP contribution >= 0.6 is 23.2 Å². The summed E-state index contributed by atoms with van der Waals surface area (Å²) < 4.78 is 0. The highest BCUT2D eigenvalue weighted by Gasteiger charge is 2.08. The fourth-order valence-electron chi connectivity index (χ4n) is 1.77. The number of rotatable bonds is 3. The van der Waals surface area contributed by atoms with Gasteiger partial charge in [-0.1, -0.05) is 17.7 Å². The zero-order chi connectivity index (χ0) is 13.8. The summed E-state index contributed by atoms with van der Waals surface area (Å²) in [5, 5.41) is 7.62. The Labute approximate surface area is 121 Å². The minimum Gasteiger partial charge on any atom is -0.338 e. The van der Waals surface area contributed by atoms with Crippen LogP contribution in [0.3, 0.4) is 0 Å². The first-order valence-corrected chi connectivity index (χ1v) is 6.75. The van der Waals surface area contributed by atoms with Crippen molar-refractivity contribution in [2.24, 2.45) is 0 Å². The lowest BCUT2D eigenvalue weighted by Crippen LogP contribution is -2.28. The van der Waals surface area contributed by atoms with Crippen LogP contribution in [0.1, 0.15) is 12.5 Å². The summed E-state index contributed by atoms with van der Waals surface area (Å²) in [5.41, 5.74) is 0.947. The van der Waals surface area contributed by atoms with Crippen molar-refractivity contribution in [3.63, 3.8) is 0 Å². The van der Waals surface area contributed by atoms with Crippen LogP contribution in [-0.4, -0.2) is 17.6 Å². The first-order valence-electron chi connectivity index (χ1n) is 5.83. The maximum absolute atomic E-state index is 11.5. The molecule has 100 valence electrons. The zero-order valence-corrected chi connectivity index (χ0v) is 11.8. The van der Waals surface area contributed by atoms with E-state index >= 15 is 0 Å². The molecule has 0 saturated heterocycles. The number of hydrogen-bond donors (Lipinski definition) is 2. The van der Waals surface area contributed by atoms with Gasteiger partial charge in [0.1, 0.15) is 5.82 Å². The van der Waals surface area contributed by atoms with Crippen LogP contribution in [0.2, 0.25) is 5.02 Å². The Bertz CT molecular complexity index is 616. The molecule has 0 aliphatic heterocycles. The van der Waals surface area contributed by atoms with E-state index < -0.39 is 0 Å². The molecule has 0 aliphatic carbocycles. The quantitative estimate of drug-likeness (QED) is 0.847. The minimum atomic E-state index is -0.288. The summed E-state index contributed by atoms with van der Waals surface area (Å²) in [6.07, 6.45) is 1.63. The maximum atomic E-state index is 11.5. The average molecular weight is 298 g/mol. The van der Waals surface area contributed by atoms with Crippen LogP contribution < -0.4 is 10.6 Å². The number of benzene rings is 1. The third-order valence-corrected chi connectivity index (χ3v) is 3.28. The van der Waals surface area contributed by atoms with Gasteiger partial charge >= 0.3 is 6.03 Å². The maximum Gasteiger partial charge on any atom is 0.320 e. The second kappa shape index (κ2) is 6.08. The number of carbonyl (C=O) groups excluding carboxylic acids is 1. The van der Waals surface area contributed by atoms with Crippen molar-refractivity contribution in [1.82, 2.24) is 10.3 Å². The third kappa shape index (κ3) is 3.08. The SMILES string of the molecule is CCNC(=O)Nc1cc2c(CCl)ccc(Cl)c2cn1. The second-order valence-electron chi connectivity index (χ2n) is 3.94. The van der Waals surface area contributed by atoms with Gasteiger partial charge in [-0.3, -0.25) is 5.32 Å². The standard InChI is InChI=1S/C13H13Cl2N3O/c1-2-16-13(19)18-12-5-9-8(6-14)3-4-11(15)10(9)7-17-12/h3-5,7H,2,6H2,1H3,(H2,16,17,18,19). The topological polar surface area (TPSA) is 54.0 Å². The van der Waals surface area contributed by atoms with Gasteiger partial charge in [-0.05, 0) is 30.0 Å². The smallest absolute Gasteiger partial charge is 0.320 e. The lowest BCUT2D eigenvalue weighted by molar-refractivity contribution is 0.252. The summed E-state index contributed by atoms with van der Waals surface area (Å²) in [4.78, 5) is 15.6. The Morgan fingerprint density at radius 2 is 2.16 bits per heavy atom. The molecule has 0 unspecified atom stereocenters. The third-order valence-electron chi connectivity index (χ3n) is 2.66. The summed E-state index contributed by atoms with van der Waals surface area (Å²) in [6.45, 7) is 2.40. The molecule has 1 aromatic heterocycles. The van der Waals surface area contributed by atoms with E-state index in [1.807, 2.05) is 13.0 Å². The number of nitrogens with zero attached hydrogens (tertiary/aromatic N) is 1. The lowest BCUT2D eigenvalue weighted by atomic mass is 10.1. The molecule has 0 bridgehead atoms. The zero-order valence-electron chi connectivity index (χ0n) is 10.3. The van der Waals surface area contributed by atoms with Gasteiger partial charge < -0.3 is 5.32 Å². The number of alkyl halides is 1. The van der Waals surface area contributed by atoms with E-state index in [1.165, 1.54) is 0 Å². The first-order chi connectivity index (χ1) is 9.15. The van der Waals surface area contributed by atoms with Crippen molar-refractivity contribution < 1.29 is 4.79 Å². The molecule has 0 aliphatic rings. The van der Waals surface area contributed by atoms with Crippen LogP contribution in [0.5, 0.6) is 0 Å². The number of aromatic nitrogens is 1. The summed E-state index contributed by atoms with van der Waals surface area (Å²) in [5.74, 6) is 0.838. The predicted octanol–water partition coefficient (Wildman–Crippen LogP) is 3.77. The number of fused-ring (bicyclic) bond motifs is 1. The highest BCUT2D eigenvalue weighted by atomic mass is 35.5. The molecule has 2 rings (SSSR count). The molecule has 0 fully saturated rings. The molecule has 2 amide bonds. The van der Waals surface area contributed by atoms with Gasteiger partial charge in [-0.25, -0.2) is 9.78 Å².